The molecule has 0 saturated carbocycles. The van der Waals surface area contributed by atoms with Crippen molar-refractivity contribution >= 4 is 26.2 Å². The zero-order valence-electron chi connectivity index (χ0n) is 26.2. The lowest BCUT2D eigenvalue weighted by molar-refractivity contribution is -0.367. The predicted octanol–water partition coefficient (Wildman–Crippen LogP) is 3.81. The molecule has 11 nitrogen and oxygen atoms in total. The van der Waals surface area contributed by atoms with Crippen molar-refractivity contribution in [2.75, 3.05) is 19.8 Å². The van der Waals surface area contributed by atoms with Crippen molar-refractivity contribution in [2.45, 2.75) is 146 Å². The maximum Gasteiger partial charge on any atom is 0.303 e. The van der Waals surface area contributed by atoms with Crippen molar-refractivity contribution in [1.82, 2.24) is 0 Å². The Labute approximate surface area is 244 Å². The summed E-state index contributed by atoms with van der Waals surface area (Å²) in [5.74, 6) is -2.53. The van der Waals surface area contributed by atoms with E-state index in [1.54, 1.807) is 0 Å². The van der Waals surface area contributed by atoms with Gasteiger partial charge in [-0.15, -0.1) is 0 Å². The molecule has 0 aliphatic carbocycles. The van der Waals surface area contributed by atoms with Gasteiger partial charge in [-0.1, -0.05) is 20.8 Å². The van der Waals surface area contributed by atoms with Crippen molar-refractivity contribution in [3.8, 4) is 0 Å². The fourth-order valence-electron chi connectivity index (χ4n) is 6.46. The molecule has 4 aliphatic rings. The molecule has 4 heterocycles. The minimum Gasteiger partial charge on any atom is -0.466 e. The zero-order chi connectivity index (χ0) is 30.6. The second kappa shape index (κ2) is 10.9. The smallest absolute Gasteiger partial charge is 0.303 e. The van der Waals surface area contributed by atoms with Gasteiger partial charge in [0.2, 0.25) is 5.79 Å². The molecule has 0 aromatic carbocycles. The maximum atomic E-state index is 12.1. The number of carbonyl (C=O) groups is 3. The second-order valence-electron chi connectivity index (χ2n) is 14.1. The standard InChI is InChI=1S/C29H48O11Si/c1-18(30)33-12-11-29-24(36-20(3)32)14-23-28(40-29,17-35-29)15-26(7)21(37-23)13-22(38-41(9,10)25(4,5)6)27(8,39-26)16-34-19(2)31/h21-24H,11-17H2,1-10H3/t21-,22+,23-,24+,26+,27-,28+,29+/m1/s1. The molecule has 0 aromatic rings. The molecule has 4 rings (SSSR count). The molecule has 2 bridgehead atoms. The number of ether oxygens (including phenoxy) is 7. The number of rotatable bonds is 8. The molecule has 4 saturated heterocycles. The van der Waals surface area contributed by atoms with Gasteiger partial charge in [0.05, 0.1) is 37.1 Å². The van der Waals surface area contributed by atoms with Gasteiger partial charge in [-0.25, -0.2) is 0 Å². The summed E-state index contributed by atoms with van der Waals surface area (Å²) in [4.78, 5) is 35.4. The van der Waals surface area contributed by atoms with E-state index in [2.05, 4.69) is 33.9 Å². The van der Waals surface area contributed by atoms with E-state index >= 15 is 0 Å². The summed E-state index contributed by atoms with van der Waals surface area (Å²) in [7, 11) is -2.24. The van der Waals surface area contributed by atoms with Crippen LogP contribution in [0.2, 0.25) is 18.1 Å². The van der Waals surface area contributed by atoms with E-state index < -0.39 is 55.1 Å². The molecule has 4 fully saturated rings. The van der Waals surface area contributed by atoms with Gasteiger partial charge < -0.3 is 37.6 Å². The molecule has 4 aliphatic heterocycles. The SMILES string of the molecule is CC(=O)OCC[C@@]12OC[C@]3(C[C@]4(C)O[C@](C)(COC(C)=O)[C@@H](O[Si](C)(C)C(C)(C)C)C[C@H]4O[C@@H]3C[C@@H]1OC(C)=O)O2. The fourth-order valence-corrected chi connectivity index (χ4v) is 7.88. The lowest BCUT2D eigenvalue weighted by Crippen LogP contribution is -2.73. The van der Waals surface area contributed by atoms with Gasteiger partial charge in [-0.3, -0.25) is 14.4 Å². The molecular weight excluding hydrogens is 552 g/mol. The fraction of sp³-hybridized carbons (Fsp3) is 0.897. The van der Waals surface area contributed by atoms with Crippen LogP contribution in [0.25, 0.3) is 0 Å². The van der Waals surface area contributed by atoms with E-state index in [4.69, 9.17) is 37.6 Å². The van der Waals surface area contributed by atoms with Crippen molar-refractivity contribution in [1.29, 1.82) is 0 Å². The van der Waals surface area contributed by atoms with Crippen LogP contribution in [-0.4, -0.2) is 93.1 Å². The van der Waals surface area contributed by atoms with E-state index in [9.17, 15) is 14.4 Å². The van der Waals surface area contributed by atoms with Crippen LogP contribution in [0.15, 0.2) is 0 Å². The van der Waals surface area contributed by atoms with Gasteiger partial charge in [-0.05, 0) is 32.0 Å². The van der Waals surface area contributed by atoms with Gasteiger partial charge >= 0.3 is 17.9 Å². The highest BCUT2D eigenvalue weighted by molar-refractivity contribution is 6.74. The first-order valence-corrected chi connectivity index (χ1v) is 17.5. The number of hydrogen-bond acceptors (Lipinski definition) is 11. The summed E-state index contributed by atoms with van der Waals surface area (Å²) in [6.45, 7) is 19.2. The Bertz CT molecular complexity index is 1040. The Morgan fingerprint density at radius 1 is 0.902 bits per heavy atom. The van der Waals surface area contributed by atoms with Crippen LogP contribution in [0.1, 0.15) is 81.1 Å². The predicted molar refractivity (Wildman–Crippen MR) is 148 cm³/mol. The molecule has 0 unspecified atom stereocenters. The third-order valence-electron chi connectivity index (χ3n) is 9.55. The van der Waals surface area contributed by atoms with E-state index in [1.165, 1.54) is 20.8 Å². The minimum atomic E-state index is -2.24. The van der Waals surface area contributed by atoms with Crippen LogP contribution < -0.4 is 0 Å². The Kier molecular flexibility index (Phi) is 8.56. The first-order chi connectivity index (χ1) is 18.7. The monoisotopic (exact) mass is 600 g/mol. The van der Waals surface area contributed by atoms with Gasteiger partial charge in [0.15, 0.2) is 14.4 Å². The number of carbonyl (C=O) groups excluding carboxylic acids is 3. The van der Waals surface area contributed by atoms with Crippen LogP contribution in [0.5, 0.6) is 0 Å². The van der Waals surface area contributed by atoms with Crippen LogP contribution >= 0.6 is 0 Å². The van der Waals surface area contributed by atoms with E-state index in [-0.39, 0.29) is 49.5 Å². The number of fused-ring (bicyclic) bond motifs is 2. The Morgan fingerprint density at radius 2 is 1.54 bits per heavy atom. The highest BCUT2D eigenvalue weighted by atomic mass is 28.4. The first-order valence-electron chi connectivity index (χ1n) is 14.6. The van der Waals surface area contributed by atoms with Crippen LogP contribution in [0, 0.1) is 0 Å². The van der Waals surface area contributed by atoms with Crippen LogP contribution in [0.3, 0.4) is 0 Å². The molecule has 41 heavy (non-hydrogen) atoms. The Hall–Kier alpha value is -1.57. The van der Waals surface area contributed by atoms with Crippen LogP contribution in [-0.2, 0) is 52.0 Å². The largest absolute Gasteiger partial charge is 0.466 e. The normalized spacial score (nSPS) is 40.2. The number of esters is 3. The molecule has 1 spiro atoms. The lowest BCUT2D eigenvalue weighted by atomic mass is 9.71. The van der Waals surface area contributed by atoms with E-state index in [0.29, 0.717) is 19.3 Å². The highest BCUT2D eigenvalue weighted by Crippen LogP contribution is 2.57. The molecule has 12 heteroatoms. The topological polar surface area (TPSA) is 125 Å². The third-order valence-corrected chi connectivity index (χ3v) is 14.0. The van der Waals surface area contributed by atoms with Gasteiger partial charge in [0, 0.05) is 46.5 Å². The summed E-state index contributed by atoms with van der Waals surface area (Å²) in [5.41, 5.74) is -2.62. The van der Waals surface area contributed by atoms with Crippen molar-refractivity contribution < 1.29 is 52.0 Å². The summed E-state index contributed by atoms with van der Waals surface area (Å²) in [6.07, 6.45) is -0.357. The first kappa shape index (κ1) is 32.3. The van der Waals surface area contributed by atoms with Gasteiger partial charge in [0.25, 0.3) is 0 Å². The zero-order valence-corrected chi connectivity index (χ0v) is 27.2. The van der Waals surface area contributed by atoms with E-state index in [0.717, 1.165) is 0 Å². The van der Waals surface area contributed by atoms with Crippen molar-refractivity contribution in [3.05, 3.63) is 0 Å². The Morgan fingerprint density at radius 3 is 2.12 bits per heavy atom. The Balaban J connectivity index is 1.64. The minimum absolute atomic E-state index is 0.0402. The van der Waals surface area contributed by atoms with Crippen LogP contribution in [0.4, 0.5) is 0 Å². The summed E-state index contributed by atoms with van der Waals surface area (Å²) < 4.78 is 50.0. The second-order valence-corrected chi connectivity index (χ2v) is 18.8. The quantitative estimate of drug-likeness (QED) is 0.229. The molecular formula is C29H48O11Si. The third kappa shape index (κ3) is 6.24. The molecule has 234 valence electrons. The molecule has 0 N–H and O–H groups in total. The number of hydrogen-bond donors (Lipinski definition) is 0. The molecule has 8 atom stereocenters. The summed E-state index contributed by atoms with van der Waals surface area (Å²) in [6, 6.07) is 0. The average Bonchev–Trinajstić information content (AvgIpc) is 3.12. The van der Waals surface area contributed by atoms with Crippen molar-refractivity contribution in [2.24, 2.45) is 0 Å². The van der Waals surface area contributed by atoms with Crippen molar-refractivity contribution in [3.63, 3.8) is 0 Å². The molecule has 0 amide bonds. The van der Waals surface area contributed by atoms with Gasteiger partial charge in [-0.2, -0.15) is 0 Å². The lowest BCUT2D eigenvalue weighted by Gasteiger charge is -2.61. The summed E-state index contributed by atoms with van der Waals surface area (Å²) >= 11 is 0. The molecule has 0 radical (unpaired) electrons. The van der Waals surface area contributed by atoms with Gasteiger partial charge in [0.1, 0.15) is 17.8 Å². The van der Waals surface area contributed by atoms with E-state index in [1.807, 2.05) is 13.8 Å². The summed E-state index contributed by atoms with van der Waals surface area (Å²) in [5, 5.41) is -0.0430. The maximum absolute atomic E-state index is 12.1. The molecule has 0 aromatic heterocycles. The highest BCUT2D eigenvalue weighted by Gasteiger charge is 2.71. The average molecular weight is 601 g/mol.